The topological polar surface area (TPSA) is 56.6 Å². The Kier molecular flexibility index (Phi) is 2.67. The third-order valence-electron chi connectivity index (χ3n) is 3.69. The molecule has 0 aromatic rings. The molecule has 2 aliphatic carbocycles. The zero-order valence-corrected chi connectivity index (χ0v) is 9.95. The Morgan fingerprint density at radius 2 is 2.41 bits per heavy atom. The minimum absolute atomic E-state index is 0.546. The number of nitrogens with one attached hydrogen (secondary N) is 2. The monoisotopic (exact) mass is 233 g/mol. The van der Waals surface area contributed by atoms with E-state index in [1.807, 2.05) is 12.2 Å². The van der Waals surface area contributed by atoms with Crippen LogP contribution in [0.2, 0.25) is 0 Å². The summed E-state index contributed by atoms with van der Waals surface area (Å²) in [6.07, 6.45) is 10.8. The van der Waals surface area contributed by atoms with Crippen LogP contribution in [-0.2, 0) is 0 Å². The highest BCUT2D eigenvalue weighted by molar-refractivity contribution is 5.82. The van der Waals surface area contributed by atoms with Crippen LogP contribution < -0.4 is 10.6 Å². The molecule has 0 saturated heterocycles. The van der Waals surface area contributed by atoms with Crippen molar-refractivity contribution in [1.82, 2.24) is 10.6 Å². The van der Waals surface area contributed by atoms with E-state index >= 15 is 0 Å². The fraction of sp³-hybridized carbons (Fsp3) is 0.615. The van der Waals surface area contributed by atoms with Crippen molar-refractivity contribution in [1.29, 1.82) is 0 Å². The van der Waals surface area contributed by atoms with Gasteiger partial charge in [-0.15, -0.1) is 0 Å². The highest BCUT2D eigenvalue weighted by Gasteiger charge is 2.30. The summed E-state index contributed by atoms with van der Waals surface area (Å²) in [7, 11) is 0. The Labute approximate surface area is 102 Å². The molecule has 0 radical (unpaired) electrons. The number of aliphatic hydroxyl groups is 1. The maximum Gasteiger partial charge on any atom is 0.194 e. The van der Waals surface area contributed by atoms with Crippen molar-refractivity contribution in [2.75, 3.05) is 13.1 Å². The molecule has 17 heavy (non-hydrogen) atoms. The molecule has 3 N–H and O–H groups in total. The predicted molar refractivity (Wildman–Crippen MR) is 67.6 cm³/mol. The van der Waals surface area contributed by atoms with Crippen LogP contribution in [-0.4, -0.2) is 29.9 Å². The number of hydrogen-bond acceptors (Lipinski definition) is 4. The molecule has 1 heterocycles. The van der Waals surface area contributed by atoms with Crippen molar-refractivity contribution in [3.63, 3.8) is 0 Å². The zero-order valence-electron chi connectivity index (χ0n) is 9.95. The van der Waals surface area contributed by atoms with Gasteiger partial charge >= 0.3 is 0 Å². The first-order valence-electron chi connectivity index (χ1n) is 6.45. The minimum atomic E-state index is -1.06. The number of fused-ring (bicyclic) bond motifs is 1. The number of allylic oxidation sites excluding steroid dienone is 2. The van der Waals surface area contributed by atoms with Gasteiger partial charge in [0, 0.05) is 6.54 Å². The fourth-order valence-electron chi connectivity index (χ4n) is 2.81. The Hall–Kier alpha value is -1.29. The van der Waals surface area contributed by atoms with Crippen molar-refractivity contribution >= 4 is 5.96 Å². The summed E-state index contributed by atoms with van der Waals surface area (Å²) in [5.74, 6) is 1.24. The van der Waals surface area contributed by atoms with Gasteiger partial charge in [0.2, 0.25) is 0 Å². The molecule has 1 aliphatic heterocycles. The molecular weight excluding hydrogens is 214 g/mol. The molecule has 0 spiro atoms. The van der Waals surface area contributed by atoms with Crippen LogP contribution in [0.1, 0.15) is 25.7 Å². The molecular formula is C13H19N3O. The predicted octanol–water partition coefficient (Wildman–Crippen LogP) is 0.910. The summed E-state index contributed by atoms with van der Waals surface area (Å²) in [6, 6.07) is 0. The van der Waals surface area contributed by atoms with E-state index in [0.29, 0.717) is 11.9 Å². The van der Waals surface area contributed by atoms with Crippen molar-refractivity contribution in [2.45, 2.75) is 31.4 Å². The number of rotatable bonds is 1. The van der Waals surface area contributed by atoms with Gasteiger partial charge in [0.05, 0.1) is 6.54 Å². The van der Waals surface area contributed by atoms with E-state index in [1.165, 1.54) is 24.8 Å². The molecule has 0 aromatic carbocycles. The Morgan fingerprint density at radius 1 is 1.47 bits per heavy atom. The van der Waals surface area contributed by atoms with E-state index in [-0.39, 0.29) is 0 Å². The van der Waals surface area contributed by atoms with E-state index < -0.39 is 5.72 Å². The molecule has 0 amide bonds. The zero-order chi connectivity index (χ0) is 11.7. The molecule has 4 heteroatoms. The van der Waals surface area contributed by atoms with E-state index in [9.17, 15) is 5.11 Å². The van der Waals surface area contributed by atoms with E-state index in [0.717, 1.165) is 19.5 Å². The summed E-state index contributed by atoms with van der Waals surface area (Å²) < 4.78 is 0. The third-order valence-corrected chi connectivity index (χ3v) is 3.69. The van der Waals surface area contributed by atoms with Crippen LogP contribution in [0.25, 0.3) is 0 Å². The van der Waals surface area contributed by atoms with E-state index in [1.54, 1.807) is 0 Å². The number of hydrogen-bond donors (Lipinski definition) is 3. The molecule has 4 nitrogen and oxygen atoms in total. The highest BCUT2D eigenvalue weighted by Crippen LogP contribution is 2.35. The molecule has 0 aromatic heterocycles. The molecule has 3 rings (SSSR count). The summed E-state index contributed by atoms with van der Waals surface area (Å²) in [6.45, 7) is 1.63. The van der Waals surface area contributed by atoms with Gasteiger partial charge in [-0.3, -0.25) is 4.99 Å². The van der Waals surface area contributed by atoms with Gasteiger partial charge in [-0.05, 0) is 37.3 Å². The van der Waals surface area contributed by atoms with Crippen LogP contribution in [0, 0.1) is 5.92 Å². The standard InChI is InChI=1S/C13H19N3O/c17-13(16-12-14-7-8-15-12)6-5-10-3-1-2-4-11(10)9-13/h5-6,9-10,17H,1-4,7-8H2,(H2,14,15,16). The number of nitrogens with zero attached hydrogens (tertiary/aromatic N) is 1. The van der Waals surface area contributed by atoms with Crippen molar-refractivity contribution in [3.05, 3.63) is 23.8 Å². The SMILES string of the molecule is OC1(NC2=NCCN2)C=CC2CCCCC2=C1. The first kappa shape index (κ1) is 10.8. The van der Waals surface area contributed by atoms with Crippen LogP contribution in [0.5, 0.6) is 0 Å². The van der Waals surface area contributed by atoms with E-state index in [2.05, 4.69) is 21.7 Å². The molecule has 2 unspecified atom stereocenters. The van der Waals surface area contributed by atoms with Gasteiger partial charge in [0.25, 0.3) is 0 Å². The van der Waals surface area contributed by atoms with Crippen LogP contribution in [0.15, 0.2) is 28.8 Å². The largest absolute Gasteiger partial charge is 0.364 e. The lowest BCUT2D eigenvalue weighted by atomic mass is 9.79. The van der Waals surface area contributed by atoms with Crippen molar-refractivity contribution < 1.29 is 5.11 Å². The number of aliphatic imine (C=N–C) groups is 1. The lowest BCUT2D eigenvalue weighted by Crippen LogP contribution is -2.50. The lowest BCUT2D eigenvalue weighted by molar-refractivity contribution is 0.120. The maximum absolute atomic E-state index is 10.5. The molecule has 3 aliphatic rings. The molecule has 1 saturated carbocycles. The average molecular weight is 233 g/mol. The fourth-order valence-corrected chi connectivity index (χ4v) is 2.81. The van der Waals surface area contributed by atoms with Crippen LogP contribution in [0.4, 0.5) is 0 Å². The van der Waals surface area contributed by atoms with Gasteiger partial charge in [0.1, 0.15) is 0 Å². The second kappa shape index (κ2) is 4.18. The van der Waals surface area contributed by atoms with Crippen molar-refractivity contribution in [3.8, 4) is 0 Å². The summed E-state index contributed by atoms with van der Waals surface area (Å²) in [5, 5.41) is 16.7. The highest BCUT2D eigenvalue weighted by atomic mass is 16.3. The Morgan fingerprint density at radius 3 is 3.24 bits per heavy atom. The summed E-state index contributed by atoms with van der Waals surface area (Å²) in [5.41, 5.74) is 0.312. The van der Waals surface area contributed by atoms with Crippen LogP contribution in [0.3, 0.4) is 0 Å². The molecule has 92 valence electrons. The summed E-state index contributed by atoms with van der Waals surface area (Å²) >= 11 is 0. The minimum Gasteiger partial charge on any atom is -0.364 e. The second-order valence-corrected chi connectivity index (χ2v) is 5.04. The van der Waals surface area contributed by atoms with Gasteiger partial charge in [0.15, 0.2) is 11.7 Å². The van der Waals surface area contributed by atoms with Crippen molar-refractivity contribution in [2.24, 2.45) is 10.9 Å². The second-order valence-electron chi connectivity index (χ2n) is 5.04. The smallest absolute Gasteiger partial charge is 0.194 e. The maximum atomic E-state index is 10.5. The van der Waals surface area contributed by atoms with Gasteiger partial charge in [-0.25, -0.2) is 0 Å². The van der Waals surface area contributed by atoms with Gasteiger partial charge in [-0.2, -0.15) is 0 Å². The normalized spacial score (nSPS) is 35.7. The van der Waals surface area contributed by atoms with Gasteiger partial charge in [-0.1, -0.05) is 18.1 Å². The third kappa shape index (κ3) is 2.22. The number of guanidine groups is 1. The van der Waals surface area contributed by atoms with Crippen LogP contribution >= 0.6 is 0 Å². The average Bonchev–Trinajstić information content (AvgIpc) is 2.81. The Balaban J connectivity index is 1.76. The first-order valence-corrected chi connectivity index (χ1v) is 6.45. The molecule has 0 bridgehead atoms. The van der Waals surface area contributed by atoms with Gasteiger partial charge < -0.3 is 15.7 Å². The quantitative estimate of drug-likeness (QED) is 0.466. The molecule has 1 fully saturated rings. The summed E-state index contributed by atoms with van der Waals surface area (Å²) in [4.78, 5) is 4.25. The molecule has 2 atom stereocenters. The van der Waals surface area contributed by atoms with E-state index in [4.69, 9.17) is 0 Å². The lowest BCUT2D eigenvalue weighted by Gasteiger charge is -2.33. The first-order chi connectivity index (χ1) is 8.25. The Bertz CT molecular complexity index is 399.